The summed E-state index contributed by atoms with van der Waals surface area (Å²) in [7, 11) is 0. The van der Waals surface area contributed by atoms with E-state index in [2.05, 4.69) is 6.58 Å². The van der Waals surface area contributed by atoms with Gasteiger partial charge in [0.15, 0.2) is 0 Å². The maximum Gasteiger partial charge on any atom is 0.412 e. The lowest BCUT2D eigenvalue weighted by Crippen LogP contribution is -2.11. The number of hydrogen-bond acceptors (Lipinski definition) is 1. The number of hydrogen-bond donors (Lipinski definition) is 1. The van der Waals surface area contributed by atoms with Gasteiger partial charge in [0, 0.05) is 5.57 Å². The lowest BCUT2D eigenvalue weighted by Gasteiger charge is -2.08. The van der Waals surface area contributed by atoms with Crippen molar-refractivity contribution in [3.63, 3.8) is 0 Å². The van der Waals surface area contributed by atoms with Crippen molar-refractivity contribution in [3.05, 3.63) is 24.3 Å². The molecule has 0 aromatic rings. The van der Waals surface area contributed by atoms with Crippen molar-refractivity contribution in [1.82, 2.24) is 0 Å². The van der Waals surface area contributed by atoms with Gasteiger partial charge in [0.25, 0.3) is 0 Å². The average molecular weight is 166 g/mol. The van der Waals surface area contributed by atoms with E-state index in [1.807, 2.05) is 0 Å². The summed E-state index contributed by atoms with van der Waals surface area (Å²) in [5.74, 6) is 0. The van der Waals surface area contributed by atoms with Gasteiger partial charge in [-0.3, -0.25) is 0 Å². The van der Waals surface area contributed by atoms with Crippen LogP contribution in [0.2, 0.25) is 0 Å². The molecule has 0 aliphatic carbocycles. The molecule has 1 nitrogen and oxygen atoms in total. The molecule has 0 aromatic heterocycles. The summed E-state index contributed by atoms with van der Waals surface area (Å²) in [5.41, 5.74) is -0.755. The molecule has 0 fully saturated rings. The van der Waals surface area contributed by atoms with Crippen LogP contribution in [0.25, 0.3) is 0 Å². The van der Waals surface area contributed by atoms with Crippen molar-refractivity contribution in [1.29, 1.82) is 0 Å². The molecule has 0 saturated carbocycles. The third-order valence-corrected chi connectivity index (χ3v) is 1.07. The number of allylic oxidation sites excluding steroid dienone is 2. The van der Waals surface area contributed by atoms with Crippen LogP contribution in [0.5, 0.6) is 0 Å². The third kappa shape index (κ3) is 3.83. The number of halogens is 3. The van der Waals surface area contributed by atoms with E-state index in [4.69, 9.17) is 5.11 Å². The second kappa shape index (κ2) is 4.18. The second-order valence-electron chi connectivity index (χ2n) is 1.90. The van der Waals surface area contributed by atoms with E-state index in [0.29, 0.717) is 0 Å². The molecule has 0 radical (unpaired) electrons. The van der Waals surface area contributed by atoms with Gasteiger partial charge >= 0.3 is 6.18 Å². The maximum absolute atomic E-state index is 11.9. The summed E-state index contributed by atoms with van der Waals surface area (Å²) in [6.45, 7) is 2.58. The molecular weight excluding hydrogens is 157 g/mol. The minimum atomic E-state index is -4.35. The molecule has 0 unspecified atom stereocenters. The third-order valence-electron chi connectivity index (χ3n) is 1.07. The molecule has 0 heterocycles. The lowest BCUT2D eigenvalue weighted by atomic mass is 10.2. The van der Waals surface area contributed by atoms with E-state index in [1.54, 1.807) is 0 Å². The van der Waals surface area contributed by atoms with Crippen LogP contribution in [0.4, 0.5) is 13.2 Å². The fourth-order valence-electron chi connectivity index (χ4n) is 0.580. The topological polar surface area (TPSA) is 20.2 Å². The SMILES string of the molecule is C=CC/C(=C\CO)C(F)(F)F. The van der Waals surface area contributed by atoms with Crippen LogP contribution in [0.15, 0.2) is 24.3 Å². The Bertz CT molecular complexity index is 158. The largest absolute Gasteiger partial charge is 0.412 e. The molecule has 0 aliphatic heterocycles. The first kappa shape index (κ1) is 10.2. The Morgan fingerprint density at radius 3 is 2.27 bits per heavy atom. The molecule has 0 aliphatic rings. The van der Waals surface area contributed by atoms with Gasteiger partial charge in [-0.2, -0.15) is 13.2 Å². The van der Waals surface area contributed by atoms with Crippen LogP contribution < -0.4 is 0 Å². The Kier molecular flexibility index (Phi) is 3.89. The molecule has 0 atom stereocenters. The first-order valence-electron chi connectivity index (χ1n) is 3.00. The molecule has 11 heavy (non-hydrogen) atoms. The highest BCUT2D eigenvalue weighted by Crippen LogP contribution is 2.27. The van der Waals surface area contributed by atoms with Gasteiger partial charge in [0.05, 0.1) is 6.61 Å². The van der Waals surface area contributed by atoms with Crippen LogP contribution in [-0.2, 0) is 0 Å². The van der Waals surface area contributed by atoms with Gasteiger partial charge in [-0.05, 0) is 6.42 Å². The monoisotopic (exact) mass is 166 g/mol. The van der Waals surface area contributed by atoms with Crippen molar-refractivity contribution < 1.29 is 18.3 Å². The molecule has 0 spiro atoms. The minimum Gasteiger partial charge on any atom is -0.392 e. The summed E-state index contributed by atoms with van der Waals surface area (Å²) in [6.07, 6.45) is -2.72. The Hall–Kier alpha value is -0.770. The van der Waals surface area contributed by atoms with E-state index in [0.717, 1.165) is 12.2 Å². The summed E-state index contributed by atoms with van der Waals surface area (Å²) in [4.78, 5) is 0. The number of aliphatic hydroxyl groups is 1. The molecule has 0 bridgehead atoms. The Morgan fingerprint density at radius 2 is 2.00 bits per heavy atom. The van der Waals surface area contributed by atoms with Crippen molar-refractivity contribution in [3.8, 4) is 0 Å². The van der Waals surface area contributed by atoms with Gasteiger partial charge in [-0.15, -0.1) is 6.58 Å². The molecule has 4 heteroatoms. The van der Waals surface area contributed by atoms with E-state index in [-0.39, 0.29) is 6.42 Å². The summed E-state index contributed by atoms with van der Waals surface area (Å²) >= 11 is 0. The molecule has 0 amide bonds. The number of alkyl halides is 3. The standard InChI is InChI=1S/C7H9F3O/c1-2-3-6(4-5-11)7(8,9)10/h2,4,11H,1,3,5H2/b6-4+. The minimum absolute atomic E-state index is 0.260. The molecule has 1 N–H and O–H groups in total. The fraction of sp³-hybridized carbons (Fsp3) is 0.429. The smallest absolute Gasteiger partial charge is 0.392 e. The molecule has 0 saturated heterocycles. The Morgan fingerprint density at radius 1 is 1.45 bits per heavy atom. The molecule has 0 rings (SSSR count). The number of rotatable bonds is 3. The van der Waals surface area contributed by atoms with Gasteiger partial charge < -0.3 is 5.11 Å². The lowest BCUT2D eigenvalue weighted by molar-refractivity contribution is -0.0933. The van der Waals surface area contributed by atoms with Gasteiger partial charge in [0.2, 0.25) is 0 Å². The zero-order valence-electron chi connectivity index (χ0n) is 5.86. The fourth-order valence-corrected chi connectivity index (χ4v) is 0.580. The van der Waals surface area contributed by atoms with E-state index in [1.165, 1.54) is 0 Å². The summed E-state index contributed by atoms with van der Waals surface area (Å²) in [6, 6.07) is 0. The molecule has 64 valence electrons. The predicted octanol–water partition coefficient (Wildman–Crippen LogP) is 2.04. The maximum atomic E-state index is 11.9. The number of aliphatic hydroxyl groups excluding tert-OH is 1. The van der Waals surface area contributed by atoms with E-state index in [9.17, 15) is 13.2 Å². The normalized spacial score (nSPS) is 13.3. The second-order valence-corrected chi connectivity index (χ2v) is 1.90. The van der Waals surface area contributed by atoms with Crippen LogP contribution >= 0.6 is 0 Å². The van der Waals surface area contributed by atoms with Crippen molar-refractivity contribution in [2.45, 2.75) is 12.6 Å². The highest BCUT2D eigenvalue weighted by Gasteiger charge is 2.31. The Labute approximate surface area is 62.8 Å². The van der Waals surface area contributed by atoms with E-state index >= 15 is 0 Å². The first-order chi connectivity index (χ1) is 5.02. The quantitative estimate of drug-likeness (QED) is 0.636. The first-order valence-corrected chi connectivity index (χ1v) is 3.00. The highest BCUT2D eigenvalue weighted by atomic mass is 19.4. The van der Waals surface area contributed by atoms with Crippen molar-refractivity contribution >= 4 is 0 Å². The van der Waals surface area contributed by atoms with Crippen molar-refractivity contribution in [2.75, 3.05) is 6.61 Å². The van der Waals surface area contributed by atoms with Crippen LogP contribution in [0.3, 0.4) is 0 Å². The highest BCUT2D eigenvalue weighted by molar-refractivity contribution is 5.12. The van der Waals surface area contributed by atoms with Crippen LogP contribution in [0, 0.1) is 0 Å². The van der Waals surface area contributed by atoms with E-state index < -0.39 is 18.4 Å². The van der Waals surface area contributed by atoms with Gasteiger partial charge in [-0.1, -0.05) is 12.2 Å². The van der Waals surface area contributed by atoms with Gasteiger partial charge in [-0.25, -0.2) is 0 Å². The molecular formula is C7H9F3O. The van der Waals surface area contributed by atoms with Crippen LogP contribution in [0.1, 0.15) is 6.42 Å². The van der Waals surface area contributed by atoms with Gasteiger partial charge in [0.1, 0.15) is 0 Å². The zero-order chi connectivity index (χ0) is 8.91. The molecule has 0 aromatic carbocycles. The van der Waals surface area contributed by atoms with Crippen LogP contribution in [-0.4, -0.2) is 17.9 Å². The Balaban J connectivity index is 4.34. The predicted molar refractivity (Wildman–Crippen MR) is 36.0 cm³/mol. The van der Waals surface area contributed by atoms with Crippen molar-refractivity contribution in [2.24, 2.45) is 0 Å². The summed E-state index contributed by atoms with van der Waals surface area (Å²) < 4.78 is 35.6. The zero-order valence-corrected chi connectivity index (χ0v) is 5.86. The average Bonchev–Trinajstić information content (AvgIpc) is 1.85. The summed E-state index contributed by atoms with van der Waals surface area (Å²) in [5, 5.41) is 8.22.